The maximum Gasteiger partial charge on any atom is 1.00 e. The zero-order valence-electron chi connectivity index (χ0n) is 6.58. The normalized spacial score (nSPS) is 8.00. The summed E-state index contributed by atoms with van der Waals surface area (Å²) in [5, 5.41) is 10.0. The average Bonchev–Trinajstić information content (AvgIpc) is 1.85. The minimum atomic E-state index is -1.70. The van der Waals surface area contributed by atoms with Crippen LogP contribution in [0.25, 0.3) is 0 Å². The van der Waals surface area contributed by atoms with Crippen LogP contribution in [0.4, 0.5) is 0 Å². The van der Waals surface area contributed by atoms with Crippen molar-refractivity contribution in [1.29, 1.82) is 0 Å². The zero-order chi connectivity index (χ0) is 8.43. The number of carbonyl (C=O) groups is 1. The number of carboxylic acids is 1. The molecule has 0 saturated carbocycles. The predicted octanol–water partition coefficient (Wildman–Crippen LogP) is -7.00. The van der Waals surface area contributed by atoms with Crippen LogP contribution in [0.3, 0.4) is 0 Å². The van der Waals surface area contributed by atoms with Crippen LogP contribution in [0.2, 0.25) is 0 Å². The number of nitrogens with one attached hydrogen (secondary N) is 2. The maximum atomic E-state index is 10.4. The molecule has 0 amide bonds. The van der Waals surface area contributed by atoms with Crippen molar-refractivity contribution in [3.05, 3.63) is 26.8 Å². The van der Waals surface area contributed by atoms with E-state index < -0.39 is 23.2 Å². The summed E-state index contributed by atoms with van der Waals surface area (Å²) in [7, 11) is 0. The van der Waals surface area contributed by atoms with Gasteiger partial charge in [-0.1, -0.05) is 0 Å². The summed E-state index contributed by atoms with van der Waals surface area (Å²) >= 11 is 0. The van der Waals surface area contributed by atoms with Gasteiger partial charge in [0.05, 0.1) is 0 Å². The Balaban J connectivity index is 0. The summed E-state index contributed by atoms with van der Waals surface area (Å²) in [6.07, 6.45) is 0. The van der Waals surface area contributed by atoms with E-state index in [9.17, 15) is 19.5 Å². The van der Waals surface area contributed by atoms with Gasteiger partial charge < -0.3 is 15.4 Å². The molecule has 9 heteroatoms. The van der Waals surface area contributed by atoms with Crippen molar-refractivity contribution < 1.29 is 66.8 Å². The van der Waals surface area contributed by atoms with Gasteiger partial charge in [0.2, 0.25) is 0 Å². The molecule has 0 aliphatic heterocycles. The van der Waals surface area contributed by atoms with Crippen LogP contribution in [0, 0.1) is 0 Å². The summed E-state index contributed by atoms with van der Waals surface area (Å²) in [5.41, 5.74) is -1.95. The molecule has 13 heavy (non-hydrogen) atoms. The smallest absolute Gasteiger partial charge is 0.542 e. The summed E-state index contributed by atoms with van der Waals surface area (Å²) in [6, 6.07) is 0. The second-order valence-electron chi connectivity index (χ2n) is 1.63. The molecule has 66 valence electrons. The SMILES string of the molecule is O.O=C([O-])c1[15n][13c](=O)[15nH][13c](=O)[15nH]1.[K+]. The molecule has 0 saturated heterocycles. The van der Waals surface area contributed by atoms with Crippen molar-refractivity contribution in [3.8, 4) is 0 Å². The van der Waals surface area contributed by atoms with Gasteiger partial charge in [-0.15, -0.1) is 0 Å². The number of carboxylic acid groups (broad SMARTS) is 1. The molecule has 0 aliphatic rings. The summed E-state index contributed by atoms with van der Waals surface area (Å²) in [5.74, 6) is -2.48. The van der Waals surface area contributed by atoms with Crippen LogP contribution >= 0.6 is 0 Å². The zero-order valence-corrected chi connectivity index (χ0v) is 9.70. The number of rotatable bonds is 1. The Hall–Kier alpha value is -0.324. The molecular weight excluding hydrogens is 214 g/mol. The van der Waals surface area contributed by atoms with Gasteiger partial charge >= 0.3 is 62.8 Å². The minimum Gasteiger partial charge on any atom is -0.542 e. The standard InChI is InChI=1S/C4H3N3O4.K.H2O/c8-2(9)1-5-3(10)7-4(11)6-1;;/h(H,8,9)(H2,5,6,7,10,11);;1H2/q;+1;/p-1/i3+1,4+1,5+1,6+1,7+1;;. The van der Waals surface area contributed by atoms with Gasteiger partial charge in [0.25, 0.3) is 0 Å². The number of H-pyrrole nitrogens is 2. The molecule has 0 bridgehead atoms. The quantitative estimate of drug-likeness (QED) is 0.449. The summed E-state index contributed by atoms with van der Waals surface area (Å²) in [6.45, 7) is 0. The Morgan fingerprint density at radius 1 is 1.31 bits per heavy atom. The van der Waals surface area contributed by atoms with Crippen LogP contribution in [-0.4, -0.2) is 26.4 Å². The van der Waals surface area contributed by atoms with E-state index in [1.165, 1.54) is 0 Å². The van der Waals surface area contributed by atoms with Crippen LogP contribution in [0.1, 0.15) is 10.6 Å². The number of carbonyl (C=O) groups excluding carboxylic acids is 1. The van der Waals surface area contributed by atoms with Gasteiger partial charge in [0, 0.05) is 0 Å². The molecule has 1 aromatic heterocycles. The summed E-state index contributed by atoms with van der Waals surface area (Å²) in [4.78, 5) is 37.1. The molecule has 0 atom stereocenters. The fraction of sp³-hybridized carbons (Fsp3) is 0. The Labute approximate surface area is 113 Å². The second-order valence-corrected chi connectivity index (χ2v) is 1.63. The fourth-order valence-electron chi connectivity index (χ4n) is 0.490. The third kappa shape index (κ3) is 4.45. The first kappa shape index (κ1) is 15.2. The van der Waals surface area contributed by atoms with Gasteiger partial charge in [0.1, 0.15) is 5.97 Å². The van der Waals surface area contributed by atoms with Crippen LogP contribution in [0.15, 0.2) is 9.59 Å². The number of hydrogen-bond donors (Lipinski definition) is 2. The van der Waals surface area contributed by atoms with E-state index in [1.807, 2.05) is 0 Å². The molecule has 0 spiro atoms. The van der Waals surface area contributed by atoms with E-state index in [0.717, 1.165) is 0 Å². The molecule has 0 unspecified atom stereocenters. The van der Waals surface area contributed by atoms with Gasteiger partial charge in [0.15, 0.2) is 5.82 Å². The van der Waals surface area contributed by atoms with Gasteiger partial charge in [-0.3, -0.25) is 9.97 Å². The molecule has 0 fully saturated rings. The maximum absolute atomic E-state index is 10.4. The van der Waals surface area contributed by atoms with Crippen LogP contribution in [-0.2, 0) is 0 Å². The van der Waals surface area contributed by atoms with Crippen molar-refractivity contribution >= 4 is 5.97 Å². The molecule has 1 rings (SSSR count). The largest absolute Gasteiger partial charge is 1.00 e. The third-order valence-corrected chi connectivity index (χ3v) is 0.859. The number of aromatic carboxylic acids is 1. The molecule has 0 aromatic carbocycles. The first-order valence-corrected chi connectivity index (χ1v) is 2.51. The van der Waals surface area contributed by atoms with E-state index in [1.54, 1.807) is 9.97 Å². The number of hydrogen-bond acceptors (Lipinski definition) is 5. The van der Waals surface area contributed by atoms with Crippen molar-refractivity contribution in [2.45, 2.75) is 0 Å². The van der Waals surface area contributed by atoms with Crippen molar-refractivity contribution in [3.63, 3.8) is 0 Å². The Morgan fingerprint density at radius 2 is 1.85 bits per heavy atom. The van der Waals surface area contributed by atoms with Gasteiger partial charge in [-0.2, -0.15) is 4.98 Å². The Bertz CT molecular complexity index is 367. The van der Waals surface area contributed by atoms with E-state index in [0.29, 0.717) is 0 Å². The minimum absolute atomic E-state index is 0. The monoisotopic (exact) mass is 218 g/mol. The first-order valence-electron chi connectivity index (χ1n) is 2.51. The van der Waals surface area contributed by atoms with Crippen molar-refractivity contribution in [2.75, 3.05) is 0 Å². The Morgan fingerprint density at radius 3 is 2.23 bits per heavy atom. The molecule has 8 nitrogen and oxygen atoms in total. The molecule has 4 N–H and O–H groups in total. The van der Waals surface area contributed by atoms with E-state index in [2.05, 4.69) is 4.98 Å². The Kier molecular flexibility index (Phi) is 7.21. The number of aromatic nitrogens is 3. The van der Waals surface area contributed by atoms with Crippen molar-refractivity contribution in [2.24, 2.45) is 0 Å². The third-order valence-electron chi connectivity index (χ3n) is 0.859. The molecule has 0 aliphatic carbocycles. The molecular formula is C4H4KN3O5. The predicted molar refractivity (Wildman–Crippen MR) is 33.4 cm³/mol. The number of nitrogens with zero attached hydrogens (tertiary/aromatic N) is 1. The van der Waals surface area contributed by atoms with E-state index in [4.69, 9.17) is 0 Å². The van der Waals surface area contributed by atoms with E-state index in [-0.39, 0.29) is 56.9 Å². The molecule has 0 radical (unpaired) electrons. The van der Waals surface area contributed by atoms with E-state index >= 15 is 0 Å². The van der Waals surface area contributed by atoms with Crippen molar-refractivity contribution in [1.82, 2.24) is 15.0 Å². The summed E-state index contributed by atoms with van der Waals surface area (Å²) < 4.78 is 0. The molecule has 1 aromatic rings. The van der Waals surface area contributed by atoms with Gasteiger partial charge in [-0.05, 0) is 0 Å². The average molecular weight is 218 g/mol. The topological polar surface area (TPSA) is 150 Å². The first-order chi connectivity index (χ1) is 5.09. The van der Waals surface area contributed by atoms with Gasteiger partial charge in [-0.25, -0.2) is 9.59 Å². The van der Waals surface area contributed by atoms with Crippen LogP contribution in [0.5, 0.6) is 0 Å². The second kappa shape index (κ2) is 6.18. The number of aromatic amines is 2. The molecule has 1 heterocycles. The fourth-order valence-corrected chi connectivity index (χ4v) is 0.490. The van der Waals surface area contributed by atoms with Crippen LogP contribution < -0.4 is 67.9 Å².